The number of aromatic nitrogens is 1. The number of nitrogens with one attached hydrogen (secondary N) is 1. The van der Waals surface area contributed by atoms with Crippen molar-refractivity contribution in [3.8, 4) is 0 Å². The number of halogens is 1. The van der Waals surface area contributed by atoms with Gasteiger partial charge in [0.1, 0.15) is 11.2 Å². The van der Waals surface area contributed by atoms with Gasteiger partial charge in [0.25, 0.3) is 0 Å². The van der Waals surface area contributed by atoms with E-state index in [4.69, 9.17) is 11.6 Å². The van der Waals surface area contributed by atoms with Crippen molar-refractivity contribution >= 4 is 29.1 Å². The Balaban J connectivity index is 1.86. The van der Waals surface area contributed by atoms with Crippen molar-refractivity contribution in [2.45, 2.75) is 39.3 Å². The van der Waals surface area contributed by atoms with E-state index in [0.29, 0.717) is 23.8 Å². The van der Waals surface area contributed by atoms with Crippen LogP contribution >= 0.6 is 11.6 Å². The average Bonchev–Trinajstić information content (AvgIpc) is 2.67. The van der Waals surface area contributed by atoms with Crippen molar-refractivity contribution < 1.29 is 9.59 Å². The third kappa shape index (κ3) is 3.88. The molecule has 136 valence electrons. The quantitative estimate of drug-likeness (QED) is 0.834. The first kappa shape index (κ1) is 18.4. The Kier molecular flexibility index (Phi) is 5.57. The van der Waals surface area contributed by atoms with Crippen LogP contribution in [0.1, 0.15) is 31.4 Å². The van der Waals surface area contributed by atoms with E-state index in [-0.39, 0.29) is 17.7 Å². The maximum Gasteiger partial charge on any atom is 0.247 e. The third-order valence-corrected chi connectivity index (χ3v) is 5.09. The van der Waals surface area contributed by atoms with E-state index < -0.39 is 6.04 Å². The number of pyridine rings is 1. The fourth-order valence-corrected chi connectivity index (χ4v) is 3.23. The van der Waals surface area contributed by atoms with E-state index in [1.807, 2.05) is 38.1 Å². The maximum absolute atomic E-state index is 12.9. The van der Waals surface area contributed by atoms with Crippen LogP contribution in [0.25, 0.3) is 0 Å². The third-order valence-electron chi connectivity index (χ3n) is 4.86. The number of hydrogen-bond donors (Lipinski definition) is 1. The zero-order chi connectivity index (χ0) is 18.7. The second-order valence-electron chi connectivity index (χ2n) is 6.62. The van der Waals surface area contributed by atoms with Crippen LogP contribution < -0.4 is 5.32 Å². The topological polar surface area (TPSA) is 62.3 Å². The number of nitrogens with zero attached hydrogens (tertiary/aromatic N) is 2. The second-order valence-corrected chi connectivity index (χ2v) is 7.01. The Morgan fingerprint density at radius 1 is 1.27 bits per heavy atom. The maximum atomic E-state index is 12.9. The molecule has 1 aromatic heterocycles. The molecule has 2 unspecified atom stereocenters. The number of carbonyl (C=O) groups excluding carboxylic acids is 2. The van der Waals surface area contributed by atoms with Gasteiger partial charge in [0.05, 0.1) is 11.9 Å². The van der Waals surface area contributed by atoms with E-state index in [0.717, 1.165) is 17.5 Å². The Morgan fingerprint density at radius 2 is 2.00 bits per heavy atom. The van der Waals surface area contributed by atoms with Crippen molar-refractivity contribution in [2.24, 2.45) is 5.92 Å². The van der Waals surface area contributed by atoms with Crippen LogP contribution in [0.5, 0.6) is 0 Å². The molecule has 26 heavy (non-hydrogen) atoms. The second kappa shape index (κ2) is 7.87. The smallest absolute Gasteiger partial charge is 0.247 e. The molecule has 2 atom stereocenters. The molecule has 0 saturated carbocycles. The van der Waals surface area contributed by atoms with Gasteiger partial charge in [-0.2, -0.15) is 0 Å². The lowest BCUT2D eigenvalue weighted by Gasteiger charge is -2.37. The van der Waals surface area contributed by atoms with Gasteiger partial charge in [0.2, 0.25) is 11.8 Å². The number of amides is 2. The lowest BCUT2D eigenvalue weighted by molar-refractivity contribution is -0.143. The lowest BCUT2D eigenvalue weighted by atomic mass is 9.92. The van der Waals surface area contributed by atoms with Crippen LogP contribution in [0.15, 0.2) is 42.6 Å². The summed E-state index contributed by atoms with van der Waals surface area (Å²) in [6.07, 6.45) is 2.76. The van der Waals surface area contributed by atoms with Crippen LogP contribution in [0.3, 0.4) is 0 Å². The molecule has 0 saturated heterocycles. The summed E-state index contributed by atoms with van der Waals surface area (Å²) in [7, 11) is 0. The predicted molar refractivity (Wildman–Crippen MR) is 102 cm³/mol. The van der Waals surface area contributed by atoms with Crippen molar-refractivity contribution in [3.63, 3.8) is 0 Å². The van der Waals surface area contributed by atoms with E-state index >= 15 is 0 Å². The summed E-state index contributed by atoms with van der Waals surface area (Å²) in [5.74, 6) is -0.315. The number of rotatable bonds is 4. The molecule has 1 N–H and O–H groups in total. The zero-order valence-corrected chi connectivity index (χ0v) is 15.7. The molecule has 0 radical (unpaired) electrons. The molecule has 1 aliphatic rings. The largest absolute Gasteiger partial charge is 0.326 e. The summed E-state index contributed by atoms with van der Waals surface area (Å²) in [5.41, 5.74) is 2.77. The lowest BCUT2D eigenvalue weighted by Crippen LogP contribution is -2.52. The summed E-state index contributed by atoms with van der Waals surface area (Å²) in [6, 6.07) is 10.7. The van der Waals surface area contributed by atoms with Crippen molar-refractivity contribution in [2.75, 3.05) is 5.32 Å². The minimum Gasteiger partial charge on any atom is -0.326 e. The van der Waals surface area contributed by atoms with Crippen LogP contribution in [0.2, 0.25) is 5.15 Å². The first-order chi connectivity index (χ1) is 12.5. The minimum atomic E-state index is -0.540. The summed E-state index contributed by atoms with van der Waals surface area (Å²) in [5, 5.41) is 3.22. The summed E-state index contributed by atoms with van der Waals surface area (Å²) in [6.45, 7) is 4.34. The van der Waals surface area contributed by atoms with Crippen molar-refractivity contribution in [1.82, 2.24) is 9.88 Å². The van der Waals surface area contributed by atoms with Gasteiger partial charge < -0.3 is 10.2 Å². The van der Waals surface area contributed by atoms with Crippen LogP contribution in [0.4, 0.5) is 5.69 Å². The normalized spacial score (nSPS) is 17.3. The Morgan fingerprint density at radius 3 is 2.65 bits per heavy atom. The standard InChI is InChI=1S/C20H22ClN3O2/c1-3-13(2)20(26)24-12-15-7-5-4-6-14(15)10-17(24)19(25)23-16-8-9-18(21)22-11-16/h4-9,11,13,17H,3,10,12H2,1-2H3,(H,23,25). The fourth-order valence-electron chi connectivity index (χ4n) is 3.12. The highest BCUT2D eigenvalue weighted by molar-refractivity contribution is 6.29. The van der Waals surface area contributed by atoms with E-state index in [9.17, 15) is 9.59 Å². The SMILES string of the molecule is CCC(C)C(=O)N1Cc2ccccc2CC1C(=O)Nc1ccc(Cl)nc1. The van der Waals surface area contributed by atoms with E-state index in [2.05, 4.69) is 10.3 Å². The predicted octanol–water partition coefficient (Wildman–Crippen LogP) is 3.67. The molecule has 0 aliphatic carbocycles. The number of carbonyl (C=O) groups is 2. The summed E-state index contributed by atoms with van der Waals surface area (Å²) >= 11 is 5.79. The van der Waals surface area contributed by atoms with Gasteiger partial charge in [-0.05, 0) is 29.7 Å². The van der Waals surface area contributed by atoms with Gasteiger partial charge in [-0.3, -0.25) is 9.59 Å². The number of hydrogen-bond acceptors (Lipinski definition) is 3. The molecule has 6 heteroatoms. The number of fused-ring (bicyclic) bond motifs is 1. The molecular formula is C20H22ClN3O2. The highest BCUT2D eigenvalue weighted by Gasteiger charge is 2.35. The first-order valence-electron chi connectivity index (χ1n) is 8.79. The van der Waals surface area contributed by atoms with Crippen LogP contribution in [-0.2, 0) is 22.6 Å². The highest BCUT2D eigenvalue weighted by atomic mass is 35.5. The molecule has 0 fully saturated rings. The molecule has 0 spiro atoms. The Hall–Kier alpha value is -2.40. The van der Waals surface area contributed by atoms with Crippen molar-refractivity contribution in [3.05, 3.63) is 58.9 Å². The van der Waals surface area contributed by atoms with Gasteiger partial charge in [-0.1, -0.05) is 49.7 Å². The van der Waals surface area contributed by atoms with E-state index in [1.54, 1.807) is 17.0 Å². The number of anilines is 1. The minimum absolute atomic E-state index is 0.0105. The van der Waals surface area contributed by atoms with Gasteiger partial charge in [0.15, 0.2) is 0 Å². The Bertz CT molecular complexity index is 807. The molecule has 2 amide bonds. The van der Waals surface area contributed by atoms with Gasteiger partial charge >= 0.3 is 0 Å². The monoisotopic (exact) mass is 371 g/mol. The van der Waals surface area contributed by atoms with Crippen LogP contribution in [0, 0.1) is 5.92 Å². The van der Waals surface area contributed by atoms with Crippen LogP contribution in [-0.4, -0.2) is 27.7 Å². The van der Waals surface area contributed by atoms with Gasteiger partial charge in [0, 0.05) is 18.9 Å². The highest BCUT2D eigenvalue weighted by Crippen LogP contribution is 2.26. The molecule has 0 bridgehead atoms. The molecule has 1 aromatic carbocycles. The Labute approximate surface area is 158 Å². The summed E-state index contributed by atoms with van der Waals surface area (Å²) < 4.78 is 0. The molecule has 2 aromatic rings. The first-order valence-corrected chi connectivity index (χ1v) is 9.17. The van der Waals surface area contributed by atoms with Gasteiger partial charge in [-0.25, -0.2) is 4.98 Å². The fraction of sp³-hybridized carbons (Fsp3) is 0.350. The zero-order valence-electron chi connectivity index (χ0n) is 14.9. The molecule has 5 nitrogen and oxygen atoms in total. The van der Waals surface area contributed by atoms with E-state index in [1.165, 1.54) is 6.20 Å². The molecule has 2 heterocycles. The molecule has 1 aliphatic heterocycles. The number of benzene rings is 1. The van der Waals surface area contributed by atoms with Gasteiger partial charge in [-0.15, -0.1) is 0 Å². The molecule has 3 rings (SSSR count). The molecular weight excluding hydrogens is 350 g/mol. The van der Waals surface area contributed by atoms with Crippen molar-refractivity contribution in [1.29, 1.82) is 0 Å². The summed E-state index contributed by atoms with van der Waals surface area (Å²) in [4.78, 5) is 31.5. The average molecular weight is 372 g/mol.